The molecule has 1 N–H and O–H groups in total. The van der Waals surface area contributed by atoms with E-state index < -0.39 is 6.09 Å². The predicted octanol–water partition coefficient (Wildman–Crippen LogP) is 6.95. The largest absolute Gasteiger partial charge is 0.497 e. The number of hydrogen-bond donors (Lipinski definition) is 1. The second kappa shape index (κ2) is 8.12. The number of anilines is 1. The highest BCUT2D eigenvalue weighted by Crippen LogP contribution is 2.48. The van der Waals surface area contributed by atoms with Gasteiger partial charge in [0.05, 0.1) is 18.8 Å². The number of para-hydroxylation sites is 2. The van der Waals surface area contributed by atoms with Crippen molar-refractivity contribution < 1.29 is 14.3 Å². The summed E-state index contributed by atoms with van der Waals surface area (Å²) in [5.41, 5.74) is 6.02. The molecule has 166 valence electrons. The molecule has 1 aliphatic rings. The molecule has 0 bridgehead atoms. The molecule has 0 saturated carbocycles. The Hall–Kier alpha value is -4.51. The third kappa shape index (κ3) is 3.21. The van der Waals surface area contributed by atoms with E-state index in [1.165, 1.54) is 0 Å². The standard InChI is InChI=1S/C29H22N2O3/c1-33-19-14-16-20(17-15-19)34-29(32)31-27-13-7-5-10-23(27)21-8-2-3-11-24(21)28(31)25-18-30-26-12-6-4-9-22(25)26/h2-18,28,30H,1H3. The van der Waals surface area contributed by atoms with Crippen molar-refractivity contribution in [3.8, 4) is 22.6 Å². The van der Waals surface area contributed by atoms with Crippen molar-refractivity contribution in [2.24, 2.45) is 0 Å². The molecule has 5 aromatic rings. The molecule has 1 aromatic heterocycles. The fraction of sp³-hybridized carbons (Fsp3) is 0.0690. The molecule has 0 saturated heterocycles. The highest BCUT2D eigenvalue weighted by molar-refractivity contribution is 6.01. The molecular formula is C29H22N2O3. The van der Waals surface area contributed by atoms with Crippen LogP contribution in [-0.2, 0) is 0 Å². The zero-order chi connectivity index (χ0) is 23.1. The Morgan fingerprint density at radius 2 is 1.44 bits per heavy atom. The summed E-state index contributed by atoms with van der Waals surface area (Å²) in [5, 5.41) is 1.07. The first kappa shape index (κ1) is 20.1. The minimum atomic E-state index is -0.442. The molecule has 1 atom stereocenters. The number of carbonyl (C=O) groups excluding carboxylic acids is 1. The fourth-order valence-electron chi connectivity index (χ4n) is 4.79. The van der Waals surface area contributed by atoms with Gasteiger partial charge in [-0.2, -0.15) is 0 Å². The van der Waals surface area contributed by atoms with Crippen LogP contribution in [0.3, 0.4) is 0 Å². The van der Waals surface area contributed by atoms with Gasteiger partial charge in [0.1, 0.15) is 11.5 Å². The van der Waals surface area contributed by atoms with Crippen LogP contribution in [0.5, 0.6) is 11.5 Å². The number of nitrogens with one attached hydrogen (secondary N) is 1. The molecular weight excluding hydrogens is 424 g/mol. The number of carbonyl (C=O) groups is 1. The van der Waals surface area contributed by atoms with Crippen LogP contribution in [0.2, 0.25) is 0 Å². The topological polar surface area (TPSA) is 54.6 Å². The summed E-state index contributed by atoms with van der Waals surface area (Å²) in [6.45, 7) is 0. The van der Waals surface area contributed by atoms with E-state index in [0.29, 0.717) is 11.5 Å². The maximum Gasteiger partial charge on any atom is 0.420 e. The number of fused-ring (bicyclic) bond motifs is 4. The number of aromatic nitrogens is 1. The van der Waals surface area contributed by atoms with E-state index in [1.807, 2.05) is 60.8 Å². The number of ether oxygens (including phenoxy) is 2. The van der Waals surface area contributed by atoms with E-state index in [0.717, 1.165) is 38.8 Å². The van der Waals surface area contributed by atoms with Gasteiger partial charge >= 0.3 is 6.09 Å². The molecule has 1 amide bonds. The Bertz CT molecular complexity index is 1500. The van der Waals surface area contributed by atoms with Gasteiger partial charge in [0.25, 0.3) is 0 Å². The van der Waals surface area contributed by atoms with Gasteiger partial charge in [0.15, 0.2) is 0 Å². The smallest absolute Gasteiger partial charge is 0.420 e. The molecule has 0 radical (unpaired) electrons. The van der Waals surface area contributed by atoms with Crippen molar-refractivity contribution in [1.82, 2.24) is 4.98 Å². The van der Waals surface area contributed by atoms with Crippen molar-refractivity contribution in [3.05, 3.63) is 114 Å². The van der Waals surface area contributed by atoms with E-state index in [9.17, 15) is 4.79 Å². The SMILES string of the molecule is COc1ccc(OC(=O)N2c3ccccc3-c3ccccc3C2c2c[nH]c3ccccc23)cc1. The number of nitrogens with zero attached hydrogens (tertiary/aromatic N) is 1. The highest BCUT2D eigenvalue weighted by Gasteiger charge is 2.38. The van der Waals surface area contributed by atoms with Gasteiger partial charge in [-0.3, -0.25) is 4.90 Å². The number of aromatic amines is 1. The number of rotatable bonds is 3. The first-order valence-corrected chi connectivity index (χ1v) is 11.1. The molecule has 0 aliphatic carbocycles. The van der Waals surface area contributed by atoms with Gasteiger partial charge in [0, 0.05) is 28.2 Å². The van der Waals surface area contributed by atoms with Gasteiger partial charge < -0.3 is 14.5 Å². The molecule has 5 heteroatoms. The van der Waals surface area contributed by atoms with Crippen molar-refractivity contribution >= 4 is 22.7 Å². The first-order chi connectivity index (χ1) is 16.7. The number of hydrogen-bond acceptors (Lipinski definition) is 3. The van der Waals surface area contributed by atoms with Gasteiger partial charge in [-0.15, -0.1) is 0 Å². The van der Waals surface area contributed by atoms with E-state index >= 15 is 0 Å². The zero-order valence-electron chi connectivity index (χ0n) is 18.6. The molecule has 0 fully saturated rings. The summed E-state index contributed by atoms with van der Waals surface area (Å²) in [6, 6.07) is 31.0. The summed E-state index contributed by atoms with van der Waals surface area (Å²) >= 11 is 0. The zero-order valence-corrected chi connectivity index (χ0v) is 18.6. The Morgan fingerprint density at radius 3 is 2.26 bits per heavy atom. The number of H-pyrrole nitrogens is 1. The Balaban J connectivity index is 1.52. The minimum Gasteiger partial charge on any atom is -0.497 e. The number of amides is 1. The van der Waals surface area contributed by atoms with E-state index in [-0.39, 0.29) is 6.04 Å². The van der Waals surface area contributed by atoms with Crippen LogP contribution < -0.4 is 14.4 Å². The quantitative estimate of drug-likeness (QED) is 0.326. The molecule has 4 aromatic carbocycles. The van der Waals surface area contributed by atoms with Gasteiger partial charge in [-0.05, 0) is 47.5 Å². The predicted molar refractivity (Wildman–Crippen MR) is 134 cm³/mol. The minimum absolute atomic E-state index is 0.354. The van der Waals surface area contributed by atoms with Crippen LogP contribution in [0.25, 0.3) is 22.0 Å². The van der Waals surface area contributed by atoms with Crippen molar-refractivity contribution in [2.75, 3.05) is 12.0 Å². The van der Waals surface area contributed by atoms with Crippen LogP contribution in [0.15, 0.2) is 103 Å². The van der Waals surface area contributed by atoms with Crippen LogP contribution in [0, 0.1) is 0 Å². The lowest BCUT2D eigenvalue weighted by Crippen LogP contribution is -2.40. The third-order valence-electron chi connectivity index (χ3n) is 6.34. The maximum absolute atomic E-state index is 13.8. The molecule has 1 unspecified atom stereocenters. The molecule has 34 heavy (non-hydrogen) atoms. The number of methoxy groups -OCH3 is 1. The number of benzene rings is 4. The van der Waals surface area contributed by atoms with E-state index in [2.05, 4.69) is 23.2 Å². The van der Waals surface area contributed by atoms with Crippen molar-refractivity contribution in [3.63, 3.8) is 0 Å². The summed E-state index contributed by atoms with van der Waals surface area (Å²) < 4.78 is 11.1. The summed E-state index contributed by atoms with van der Waals surface area (Å²) in [5.74, 6) is 1.16. The van der Waals surface area contributed by atoms with Gasteiger partial charge in [0.2, 0.25) is 0 Å². The lowest BCUT2D eigenvalue weighted by Gasteiger charge is -2.38. The average molecular weight is 447 g/mol. The maximum atomic E-state index is 13.8. The van der Waals surface area contributed by atoms with E-state index in [4.69, 9.17) is 9.47 Å². The fourth-order valence-corrected chi connectivity index (χ4v) is 4.79. The van der Waals surface area contributed by atoms with E-state index in [1.54, 1.807) is 36.3 Å². The van der Waals surface area contributed by atoms with Gasteiger partial charge in [-0.1, -0.05) is 60.7 Å². The lowest BCUT2D eigenvalue weighted by molar-refractivity contribution is 0.205. The van der Waals surface area contributed by atoms with Crippen LogP contribution >= 0.6 is 0 Å². The van der Waals surface area contributed by atoms with Crippen molar-refractivity contribution in [1.29, 1.82) is 0 Å². The second-order valence-corrected chi connectivity index (χ2v) is 8.21. The molecule has 0 spiro atoms. The Morgan fingerprint density at radius 1 is 0.765 bits per heavy atom. The first-order valence-electron chi connectivity index (χ1n) is 11.1. The third-order valence-corrected chi connectivity index (χ3v) is 6.34. The molecule has 1 aliphatic heterocycles. The normalized spacial score (nSPS) is 14.4. The summed E-state index contributed by atoms with van der Waals surface area (Å²) in [6.07, 6.45) is 1.55. The van der Waals surface area contributed by atoms with Gasteiger partial charge in [-0.25, -0.2) is 4.79 Å². The van der Waals surface area contributed by atoms with Crippen molar-refractivity contribution in [2.45, 2.75) is 6.04 Å². The van der Waals surface area contributed by atoms with Crippen LogP contribution in [0.1, 0.15) is 17.2 Å². The summed E-state index contributed by atoms with van der Waals surface area (Å²) in [7, 11) is 1.61. The summed E-state index contributed by atoms with van der Waals surface area (Å²) in [4.78, 5) is 18.9. The monoisotopic (exact) mass is 446 g/mol. The Labute approximate surface area is 197 Å². The molecule has 6 rings (SSSR count). The van der Waals surface area contributed by atoms with Crippen LogP contribution in [0.4, 0.5) is 10.5 Å². The molecule has 5 nitrogen and oxygen atoms in total. The average Bonchev–Trinajstić information content (AvgIpc) is 3.32. The Kier molecular flexibility index (Phi) is 4.81. The van der Waals surface area contributed by atoms with Crippen LogP contribution in [-0.4, -0.2) is 18.2 Å². The second-order valence-electron chi connectivity index (χ2n) is 8.21. The lowest BCUT2D eigenvalue weighted by atomic mass is 9.85. The highest BCUT2D eigenvalue weighted by atomic mass is 16.6. The molecule has 2 heterocycles.